The molecule has 0 fully saturated rings. The molecule has 0 atom stereocenters. The molecule has 1 heteroatoms. The van der Waals surface area contributed by atoms with E-state index in [1.54, 1.807) is 6.08 Å². The van der Waals surface area contributed by atoms with Gasteiger partial charge in [0.25, 0.3) is 0 Å². The van der Waals surface area contributed by atoms with Crippen molar-refractivity contribution in [3.8, 4) is 0 Å². The maximum absolute atomic E-state index is 5.74. The van der Waals surface area contributed by atoms with Crippen molar-refractivity contribution in [3.05, 3.63) is 42.0 Å². The number of hydrogen-bond acceptors (Lipinski definition) is 1. The summed E-state index contributed by atoms with van der Waals surface area (Å²) in [6, 6.07) is 3.93. The Hall–Kier alpha value is -1.50. The molecule has 2 N–H and O–H groups in total. The first kappa shape index (κ1) is 12.5. The summed E-state index contributed by atoms with van der Waals surface area (Å²) in [5.41, 5.74) is 9.73. The third-order valence-corrected chi connectivity index (χ3v) is 1.91. The highest BCUT2D eigenvalue weighted by atomic mass is 14.6. The Kier molecular flexibility index (Phi) is 5.38. The molecule has 0 spiro atoms. The van der Waals surface area contributed by atoms with Crippen molar-refractivity contribution in [3.63, 3.8) is 0 Å². The average Bonchev–Trinajstić information content (AvgIpc) is 2.24. The zero-order chi connectivity index (χ0) is 11.1. The van der Waals surface area contributed by atoms with Crippen molar-refractivity contribution in [2.24, 2.45) is 0 Å². The molecule has 1 rings (SSSR count). The van der Waals surface area contributed by atoms with Gasteiger partial charge in [-0.2, -0.15) is 0 Å². The van der Waals surface area contributed by atoms with Crippen LogP contribution in [0.3, 0.4) is 0 Å². The van der Waals surface area contributed by atoms with Crippen LogP contribution in [0.15, 0.2) is 25.3 Å². The van der Waals surface area contributed by atoms with Crippen molar-refractivity contribution in [2.75, 3.05) is 5.73 Å². The fraction of sp³-hybridized carbons (Fsp3) is 0.231. The van der Waals surface area contributed by atoms with Crippen LogP contribution >= 0.6 is 0 Å². The van der Waals surface area contributed by atoms with Gasteiger partial charge in [0.15, 0.2) is 0 Å². The predicted octanol–water partition coefficient (Wildman–Crippen LogP) is 3.89. The van der Waals surface area contributed by atoms with Crippen molar-refractivity contribution < 1.29 is 0 Å². The molecule has 0 aliphatic heterocycles. The zero-order valence-electron chi connectivity index (χ0n) is 9.30. The van der Waals surface area contributed by atoms with Crippen LogP contribution in [0.4, 0.5) is 5.69 Å². The Morgan fingerprint density at radius 1 is 1.07 bits per heavy atom. The van der Waals surface area contributed by atoms with E-state index in [1.807, 2.05) is 39.0 Å². The zero-order valence-corrected chi connectivity index (χ0v) is 9.30. The third-order valence-electron chi connectivity index (χ3n) is 1.91. The van der Waals surface area contributed by atoms with Gasteiger partial charge in [-0.3, -0.25) is 0 Å². The molecule has 14 heavy (non-hydrogen) atoms. The van der Waals surface area contributed by atoms with Crippen LogP contribution in [0.2, 0.25) is 0 Å². The largest absolute Gasteiger partial charge is 0.398 e. The van der Waals surface area contributed by atoms with Gasteiger partial charge >= 0.3 is 0 Å². The molecule has 1 nitrogen and oxygen atoms in total. The minimum Gasteiger partial charge on any atom is -0.398 e. The number of anilines is 1. The summed E-state index contributed by atoms with van der Waals surface area (Å²) >= 11 is 0. The van der Waals surface area contributed by atoms with Gasteiger partial charge in [-0.05, 0) is 35.7 Å². The van der Waals surface area contributed by atoms with E-state index in [2.05, 4.69) is 13.2 Å². The second kappa shape index (κ2) is 6.03. The van der Waals surface area contributed by atoms with Crippen LogP contribution in [0.1, 0.15) is 30.5 Å². The summed E-state index contributed by atoms with van der Waals surface area (Å²) < 4.78 is 0. The number of nitrogen functional groups attached to an aromatic ring is 1. The second-order valence-corrected chi connectivity index (χ2v) is 2.75. The van der Waals surface area contributed by atoms with E-state index in [0.29, 0.717) is 0 Å². The van der Waals surface area contributed by atoms with Crippen molar-refractivity contribution in [1.29, 1.82) is 0 Å². The number of nitrogens with two attached hydrogens (primary N) is 1. The lowest BCUT2D eigenvalue weighted by Crippen LogP contribution is -1.92. The van der Waals surface area contributed by atoms with Crippen LogP contribution < -0.4 is 5.73 Å². The molecule has 0 aliphatic carbocycles. The summed E-state index contributed by atoms with van der Waals surface area (Å²) in [6.07, 6.45) is 3.59. The molecule has 0 saturated carbocycles. The SMILES string of the molecule is C=Cc1cc(C)c(N)cc1C=C.CC. The van der Waals surface area contributed by atoms with E-state index in [0.717, 1.165) is 22.4 Å². The maximum Gasteiger partial charge on any atom is 0.0350 e. The molecule has 1 aromatic carbocycles. The van der Waals surface area contributed by atoms with Crippen LogP contribution in [0, 0.1) is 6.92 Å². The highest BCUT2D eigenvalue weighted by molar-refractivity contribution is 5.69. The lowest BCUT2D eigenvalue weighted by molar-refractivity contribution is 1.45. The molecular formula is C13H19N. The van der Waals surface area contributed by atoms with E-state index in [9.17, 15) is 0 Å². The second-order valence-electron chi connectivity index (χ2n) is 2.75. The minimum absolute atomic E-state index is 0.801. The normalized spacial score (nSPS) is 8.50. The number of aryl methyl sites for hydroxylation is 1. The highest BCUT2D eigenvalue weighted by Crippen LogP contribution is 2.19. The van der Waals surface area contributed by atoms with Crippen LogP contribution in [0.25, 0.3) is 12.2 Å². The Bertz CT molecular complexity index is 291. The van der Waals surface area contributed by atoms with E-state index in [4.69, 9.17) is 5.73 Å². The Labute approximate surface area is 87.0 Å². The van der Waals surface area contributed by atoms with E-state index >= 15 is 0 Å². The summed E-state index contributed by atoms with van der Waals surface area (Å²) in [5, 5.41) is 0. The Morgan fingerprint density at radius 2 is 1.50 bits per heavy atom. The number of benzene rings is 1. The van der Waals surface area contributed by atoms with Crippen LogP contribution in [-0.4, -0.2) is 0 Å². The van der Waals surface area contributed by atoms with Gasteiger partial charge in [0.1, 0.15) is 0 Å². The summed E-state index contributed by atoms with van der Waals surface area (Å²) in [4.78, 5) is 0. The van der Waals surface area contributed by atoms with Gasteiger partial charge in [-0.25, -0.2) is 0 Å². The molecule has 0 aromatic heterocycles. The monoisotopic (exact) mass is 189 g/mol. The molecule has 1 aromatic rings. The van der Waals surface area contributed by atoms with Crippen molar-refractivity contribution in [1.82, 2.24) is 0 Å². The first-order chi connectivity index (χ1) is 6.69. The topological polar surface area (TPSA) is 26.0 Å². The van der Waals surface area contributed by atoms with Gasteiger partial charge in [-0.15, -0.1) is 0 Å². The number of hydrogen-bond donors (Lipinski definition) is 1. The molecule has 0 bridgehead atoms. The van der Waals surface area contributed by atoms with Crippen molar-refractivity contribution >= 4 is 17.8 Å². The maximum atomic E-state index is 5.74. The van der Waals surface area contributed by atoms with E-state index in [-0.39, 0.29) is 0 Å². The molecular weight excluding hydrogens is 170 g/mol. The first-order valence-corrected chi connectivity index (χ1v) is 4.84. The lowest BCUT2D eigenvalue weighted by Gasteiger charge is -2.05. The third kappa shape index (κ3) is 2.77. The standard InChI is InChI=1S/C11H13N.C2H6/c1-4-9-6-8(3)11(12)7-10(9)5-2;1-2/h4-7H,1-2,12H2,3H3;1-2H3. The highest BCUT2D eigenvalue weighted by Gasteiger charge is 1.99. The predicted molar refractivity (Wildman–Crippen MR) is 67.1 cm³/mol. The summed E-state index contributed by atoms with van der Waals surface area (Å²) in [6.45, 7) is 13.4. The molecule has 76 valence electrons. The average molecular weight is 189 g/mol. The van der Waals surface area contributed by atoms with Crippen molar-refractivity contribution in [2.45, 2.75) is 20.8 Å². The lowest BCUT2D eigenvalue weighted by atomic mass is 10.0. The van der Waals surface area contributed by atoms with Crippen LogP contribution in [-0.2, 0) is 0 Å². The molecule has 0 aliphatic rings. The smallest absolute Gasteiger partial charge is 0.0350 e. The molecule has 0 heterocycles. The van der Waals surface area contributed by atoms with Gasteiger partial charge < -0.3 is 5.73 Å². The van der Waals surface area contributed by atoms with Gasteiger partial charge in [0.05, 0.1) is 0 Å². The summed E-state index contributed by atoms with van der Waals surface area (Å²) in [7, 11) is 0. The van der Waals surface area contributed by atoms with Crippen LogP contribution in [0.5, 0.6) is 0 Å². The van der Waals surface area contributed by atoms with Gasteiger partial charge in [0.2, 0.25) is 0 Å². The molecule has 0 amide bonds. The Morgan fingerprint density at radius 3 is 1.93 bits per heavy atom. The molecule has 0 saturated heterocycles. The minimum atomic E-state index is 0.801. The van der Waals surface area contributed by atoms with Gasteiger partial charge in [0, 0.05) is 5.69 Å². The Balaban J connectivity index is 0.000000791. The number of rotatable bonds is 2. The fourth-order valence-electron chi connectivity index (χ4n) is 1.12. The van der Waals surface area contributed by atoms with E-state index in [1.165, 1.54) is 0 Å². The molecule has 0 radical (unpaired) electrons. The van der Waals surface area contributed by atoms with Gasteiger partial charge in [-0.1, -0.05) is 39.2 Å². The quantitative estimate of drug-likeness (QED) is 0.702. The fourth-order valence-corrected chi connectivity index (χ4v) is 1.12. The van der Waals surface area contributed by atoms with E-state index < -0.39 is 0 Å². The summed E-state index contributed by atoms with van der Waals surface area (Å²) in [5.74, 6) is 0. The first-order valence-electron chi connectivity index (χ1n) is 4.84. The molecule has 0 unspecified atom stereocenters.